The largest absolute Gasteiger partial charge is 0.472 e. The molecule has 0 saturated heterocycles. The lowest BCUT2D eigenvalue weighted by Gasteiger charge is -1.69. The van der Waals surface area contributed by atoms with E-state index in [0.29, 0.717) is 0 Å². The van der Waals surface area contributed by atoms with Gasteiger partial charge in [-0.15, -0.1) is 0 Å². The summed E-state index contributed by atoms with van der Waals surface area (Å²) in [6.45, 7) is 8.91. The minimum Gasteiger partial charge on any atom is -0.472 e. The Morgan fingerprint density at radius 2 is 1.83 bits per heavy atom. The third-order valence-corrected chi connectivity index (χ3v) is 3.50. The van der Waals surface area contributed by atoms with Gasteiger partial charge in [0.1, 0.15) is 6.26 Å². The van der Waals surface area contributed by atoms with Gasteiger partial charge in [0.25, 0.3) is 0 Å². The monoisotopic (exact) mass is 344 g/mol. The molecule has 4 nitrogen and oxygen atoms in total. The van der Waals surface area contributed by atoms with Gasteiger partial charge in [-0.3, -0.25) is 4.99 Å². The molecule has 1 aliphatic rings. The highest BCUT2D eigenvalue weighted by molar-refractivity contribution is 7.07. The summed E-state index contributed by atoms with van der Waals surface area (Å²) in [5.41, 5.74) is 4.75. The van der Waals surface area contributed by atoms with Crippen LogP contribution in [0, 0.1) is 20.8 Å². The molecular weight excluding hydrogens is 320 g/mol. The molecule has 0 radical (unpaired) electrons. The van der Waals surface area contributed by atoms with Crippen molar-refractivity contribution in [3.8, 4) is 0 Å². The van der Waals surface area contributed by atoms with Crippen molar-refractivity contribution >= 4 is 17.6 Å². The first-order chi connectivity index (χ1) is 11.6. The quantitative estimate of drug-likeness (QED) is 0.530. The molecule has 128 valence electrons. The van der Waals surface area contributed by atoms with Gasteiger partial charge < -0.3 is 8.83 Å². The molecule has 0 fully saturated rings. The van der Waals surface area contributed by atoms with Crippen LogP contribution in [0.15, 0.2) is 73.6 Å². The van der Waals surface area contributed by atoms with E-state index >= 15 is 0 Å². The van der Waals surface area contributed by atoms with Gasteiger partial charge in [0.15, 0.2) is 6.39 Å². The number of rotatable bonds is 0. The van der Waals surface area contributed by atoms with Gasteiger partial charge in [-0.25, -0.2) is 4.98 Å². The maximum atomic E-state index is 4.71. The molecule has 1 aliphatic heterocycles. The average Bonchev–Trinajstić information content (AvgIpc) is 3.31. The predicted octanol–water partition coefficient (Wildman–Crippen LogP) is 5.64. The van der Waals surface area contributed by atoms with Crippen molar-refractivity contribution in [1.82, 2.24) is 4.98 Å². The summed E-state index contributed by atoms with van der Waals surface area (Å²) in [6.07, 6.45) is 10.4. The number of allylic oxidation sites excluding steroid dienone is 1. The van der Waals surface area contributed by atoms with Gasteiger partial charge in [-0.05, 0) is 67.3 Å². The van der Waals surface area contributed by atoms with Crippen LogP contribution in [0.5, 0.6) is 0 Å². The van der Waals surface area contributed by atoms with Crippen molar-refractivity contribution < 1.29 is 8.83 Å². The van der Waals surface area contributed by atoms with E-state index in [-0.39, 0.29) is 0 Å². The summed E-state index contributed by atoms with van der Waals surface area (Å²) < 4.78 is 9.32. The number of aliphatic imine (C=N–C) groups is 1. The first kappa shape index (κ1) is 19.6. The number of nitrogens with zero attached hydrogens (tertiary/aromatic N) is 2. The van der Waals surface area contributed by atoms with Crippen LogP contribution < -0.4 is 0 Å². The van der Waals surface area contributed by atoms with Crippen molar-refractivity contribution in [1.29, 1.82) is 0 Å². The second-order valence-corrected chi connectivity index (χ2v) is 5.95. The first-order valence-electron chi connectivity index (χ1n) is 7.57. The fourth-order valence-electron chi connectivity index (χ4n) is 1.38. The number of aryl methyl sites for hydroxylation is 3. The molecule has 0 aliphatic carbocycles. The molecule has 0 unspecified atom stereocenters. The topological polar surface area (TPSA) is 51.5 Å². The molecule has 3 aromatic rings. The molecule has 0 aromatic carbocycles. The van der Waals surface area contributed by atoms with Crippen LogP contribution in [0.3, 0.4) is 0 Å². The summed E-state index contributed by atoms with van der Waals surface area (Å²) in [7, 11) is 0. The minimum absolute atomic E-state index is 0.895. The Morgan fingerprint density at radius 1 is 1.00 bits per heavy atom. The average molecular weight is 344 g/mol. The smallest absolute Gasteiger partial charge is 0.180 e. The molecule has 5 heteroatoms. The molecule has 4 heterocycles. The fourth-order valence-corrected chi connectivity index (χ4v) is 2.05. The van der Waals surface area contributed by atoms with E-state index < -0.39 is 0 Å². The SMILES string of the molecule is CC1=CCN=C1.Cc1ccoc1.Cc1ccsc1.Cc1cocn1. The maximum Gasteiger partial charge on any atom is 0.180 e. The van der Waals surface area contributed by atoms with E-state index in [2.05, 4.69) is 51.1 Å². The highest BCUT2D eigenvalue weighted by Gasteiger charge is 1.85. The lowest BCUT2D eigenvalue weighted by Crippen LogP contribution is -1.63. The van der Waals surface area contributed by atoms with Crippen molar-refractivity contribution in [2.45, 2.75) is 27.7 Å². The summed E-state index contributed by atoms with van der Waals surface area (Å²) in [5, 5.41) is 4.20. The minimum atomic E-state index is 0.895. The van der Waals surface area contributed by atoms with E-state index in [0.717, 1.165) is 12.2 Å². The summed E-state index contributed by atoms with van der Waals surface area (Å²) in [5.74, 6) is 0. The van der Waals surface area contributed by atoms with Crippen molar-refractivity contribution in [3.05, 3.63) is 76.5 Å². The van der Waals surface area contributed by atoms with Crippen LogP contribution >= 0.6 is 11.3 Å². The van der Waals surface area contributed by atoms with Crippen molar-refractivity contribution in [2.24, 2.45) is 4.99 Å². The fraction of sp³-hybridized carbons (Fsp3) is 0.263. The molecule has 0 saturated carbocycles. The zero-order valence-corrected chi connectivity index (χ0v) is 15.4. The van der Waals surface area contributed by atoms with Gasteiger partial charge in [0.2, 0.25) is 0 Å². The zero-order chi connectivity index (χ0) is 17.6. The molecule has 3 aromatic heterocycles. The third-order valence-electron chi connectivity index (χ3n) is 2.70. The van der Waals surface area contributed by atoms with E-state index in [1.54, 1.807) is 30.1 Å². The standard InChI is InChI=1S/C5H7N.C5H6O.C5H6S.C4H5NO/c3*1-5-2-3-6-4-5;1-4-2-6-3-5-4/h2,4H,3H2,1H3;2*2-4H,1H3;2-3H,1H3. The zero-order valence-electron chi connectivity index (χ0n) is 14.6. The molecule has 0 atom stereocenters. The molecular formula is C19H24N2O2S. The van der Waals surface area contributed by atoms with Crippen molar-refractivity contribution in [3.63, 3.8) is 0 Å². The number of hydrogen-bond acceptors (Lipinski definition) is 5. The molecule has 0 bridgehead atoms. The highest BCUT2D eigenvalue weighted by atomic mass is 32.1. The van der Waals surface area contributed by atoms with E-state index in [4.69, 9.17) is 4.42 Å². The molecule has 4 rings (SSSR count). The van der Waals surface area contributed by atoms with Gasteiger partial charge >= 0.3 is 0 Å². The Labute approximate surface area is 147 Å². The van der Waals surface area contributed by atoms with Gasteiger partial charge in [0, 0.05) is 6.21 Å². The van der Waals surface area contributed by atoms with Crippen LogP contribution in [0.25, 0.3) is 0 Å². The third kappa shape index (κ3) is 10.3. The lowest BCUT2D eigenvalue weighted by molar-refractivity contribution is 0.557. The number of hydrogen-bond donors (Lipinski definition) is 0. The van der Waals surface area contributed by atoms with E-state index in [1.165, 1.54) is 23.1 Å². The van der Waals surface area contributed by atoms with Gasteiger partial charge in [-0.2, -0.15) is 11.3 Å². The van der Waals surface area contributed by atoms with E-state index in [9.17, 15) is 0 Å². The normalized spacial score (nSPS) is 11.2. The second kappa shape index (κ2) is 12.1. The number of furan rings is 1. The lowest BCUT2D eigenvalue weighted by atomic mass is 10.3. The van der Waals surface area contributed by atoms with Crippen LogP contribution in [-0.4, -0.2) is 17.7 Å². The van der Waals surface area contributed by atoms with E-state index in [1.807, 2.05) is 26.1 Å². The summed E-state index contributed by atoms with van der Waals surface area (Å²) >= 11 is 1.74. The Bertz CT molecular complexity index is 602. The predicted molar refractivity (Wildman–Crippen MR) is 101 cm³/mol. The van der Waals surface area contributed by atoms with Gasteiger partial charge in [0.05, 0.1) is 24.8 Å². The Morgan fingerprint density at radius 3 is 2.00 bits per heavy atom. The summed E-state index contributed by atoms with van der Waals surface area (Å²) in [4.78, 5) is 7.70. The Hall–Kier alpha value is -2.40. The Balaban J connectivity index is 0.000000160. The van der Waals surface area contributed by atoms with Crippen LogP contribution in [0.1, 0.15) is 23.7 Å². The molecule has 24 heavy (non-hydrogen) atoms. The number of thiophene rings is 1. The van der Waals surface area contributed by atoms with Crippen molar-refractivity contribution in [2.75, 3.05) is 6.54 Å². The second-order valence-electron chi connectivity index (χ2n) is 5.17. The van der Waals surface area contributed by atoms with Gasteiger partial charge in [-0.1, -0.05) is 6.08 Å². The molecule has 0 spiro atoms. The number of aromatic nitrogens is 1. The van der Waals surface area contributed by atoms with Crippen LogP contribution in [0.2, 0.25) is 0 Å². The number of oxazole rings is 1. The maximum absolute atomic E-state index is 4.71. The molecule has 0 N–H and O–H groups in total. The Kier molecular flexibility index (Phi) is 9.88. The first-order valence-corrected chi connectivity index (χ1v) is 8.51. The molecule has 0 amide bonds. The van der Waals surface area contributed by atoms with Crippen LogP contribution in [-0.2, 0) is 0 Å². The van der Waals surface area contributed by atoms with Crippen LogP contribution in [0.4, 0.5) is 0 Å². The summed E-state index contributed by atoms with van der Waals surface area (Å²) in [6, 6.07) is 4.02. The highest BCUT2D eigenvalue weighted by Crippen LogP contribution is 2.01.